The van der Waals surface area contributed by atoms with Crippen LogP contribution in [0.4, 0.5) is 0 Å². The van der Waals surface area contributed by atoms with Crippen LogP contribution >= 0.6 is 0 Å². The van der Waals surface area contributed by atoms with E-state index in [1.807, 2.05) is 0 Å². The van der Waals surface area contributed by atoms with E-state index < -0.39 is 8.24 Å². The lowest BCUT2D eigenvalue weighted by molar-refractivity contribution is 0.399. The monoisotopic (exact) mass is 299 g/mol. The van der Waals surface area contributed by atoms with Crippen molar-refractivity contribution in [3.8, 4) is 0 Å². The molecule has 0 aromatic carbocycles. The second-order valence-corrected chi connectivity index (χ2v) is 13.1. The van der Waals surface area contributed by atoms with Crippen molar-refractivity contribution in [2.75, 3.05) is 13.1 Å². The maximum atomic E-state index is 2.89. The average molecular weight is 300 g/mol. The van der Waals surface area contributed by atoms with Crippen molar-refractivity contribution in [1.82, 2.24) is 4.57 Å². The Bertz CT molecular complexity index is 237. The van der Waals surface area contributed by atoms with Crippen molar-refractivity contribution < 1.29 is 0 Å². The molecule has 0 unspecified atom stereocenters. The van der Waals surface area contributed by atoms with Gasteiger partial charge in [-0.2, -0.15) is 0 Å². The van der Waals surface area contributed by atoms with Gasteiger partial charge in [-0.15, -0.1) is 5.70 Å². The highest BCUT2D eigenvalue weighted by atomic mass is 28.3. The first-order chi connectivity index (χ1) is 8.94. The van der Waals surface area contributed by atoms with Crippen LogP contribution in [0.15, 0.2) is 11.3 Å². The van der Waals surface area contributed by atoms with Gasteiger partial charge in [-0.3, -0.25) is 0 Å². The lowest BCUT2D eigenvalue weighted by Crippen LogP contribution is -2.49. The zero-order chi connectivity index (χ0) is 14.7. The fourth-order valence-electron chi connectivity index (χ4n) is 2.50. The van der Waals surface area contributed by atoms with Crippen LogP contribution in [0.2, 0.25) is 25.2 Å². The first kappa shape index (κ1) is 19.1. The van der Waals surface area contributed by atoms with Gasteiger partial charge in [0.15, 0.2) is 0 Å². The third-order valence-electron chi connectivity index (χ3n) is 3.96. The highest BCUT2D eigenvalue weighted by Crippen LogP contribution is 2.19. The number of allylic oxidation sites excluding steroid dienone is 1. The maximum absolute atomic E-state index is 2.89. The Labute approximate surface area is 125 Å². The molecular formula is C16H37NSi2. The fourth-order valence-corrected chi connectivity index (χ4v) is 9.40. The van der Waals surface area contributed by atoms with Gasteiger partial charge in [-0.1, -0.05) is 51.4 Å². The van der Waals surface area contributed by atoms with E-state index in [4.69, 9.17) is 0 Å². The van der Waals surface area contributed by atoms with Gasteiger partial charge in [0.25, 0.3) is 0 Å². The van der Waals surface area contributed by atoms with Crippen LogP contribution in [0, 0.1) is 0 Å². The summed E-state index contributed by atoms with van der Waals surface area (Å²) < 4.78 is 2.89. The Morgan fingerprint density at radius 3 is 2.00 bits per heavy atom. The van der Waals surface area contributed by atoms with Crippen molar-refractivity contribution in [3.63, 3.8) is 0 Å². The number of rotatable bonds is 11. The third kappa shape index (κ3) is 9.63. The highest BCUT2D eigenvalue weighted by molar-refractivity contribution is 6.75. The Morgan fingerprint density at radius 1 is 1.05 bits per heavy atom. The Kier molecular flexibility index (Phi) is 10.9. The van der Waals surface area contributed by atoms with Gasteiger partial charge in [0, 0.05) is 9.52 Å². The lowest BCUT2D eigenvalue weighted by atomic mass is 10.3. The fraction of sp³-hybridized carbons (Fsp3) is 0.875. The summed E-state index contributed by atoms with van der Waals surface area (Å²) in [5, 5.41) is 0. The summed E-state index contributed by atoms with van der Waals surface area (Å²) in [7, 11) is -1.08. The zero-order valence-electron chi connectivity index (χ0n) is 14.4. The van der Waals surface area contributed by atoms with E-state index in [1.54, 1.807) is 0 Å². The van der Waals surface area contributed by atoms with Crippen LogP contribution in [-0.2, 0) is 0 Å². The molecule has 0 saturated heterocycles. The summed E-state index contributed by atoms with van der Waals surface area (Å²) in [5.74, 6) is 0. The van der Waals surface area contributed by atoms with Crippen molar-refractivity contribution in [3.05, 3.63) is 11.3 Å². The smallest absolute Gasteiger partial charge is 0.121 e. The molecule has 0 radical (unpaired) electrons. The van der Waals surface area contributed by atoms with Crippen LogP contribution in [-0.4, -0.2) is 35.4 Å². The quantitative estimate of drug-likeness (QED) is 0.398. The second kappa shape index (κ2) is 10.9. The molecule has 0 aromatic rings. The van der Waals surface area contributed by atoms with Gasteiger partial charge in [0.05, 0.1) is 0 Å². The molecule has 0 bridgehead atoms. The van der Waals surface area contributed by atoms with Crippen LogP contribution in [0.5, 0.6) is 0 Å². The molecule has 0 spiro atoms. The van der Waals surface area contributed by atoms with Crippen LogP contribution in [0.3, 0.4) is 0 Å². The Morgan fingerprint density at radius 2 is 1.58 bits per heavy atom. The van der Waals surface area contributed by atoms with Crippen LogP contribution in [0.1, 0.15) is 53.4 Å². The van der Waals surface area contributed by atoms with Gasteiger partial charge < -0.3 is 4.57 Å². The summed E-state index contributed by atoms with van der Waals surface area (Å²) >= 11 is 0. The molecule has 114 valence electrons. The molecule has 0 fully saturated rings. The molecule has 19 heavy (non-hydrogen) atoms. The van der Waals surface area contributed by atoms with Crippen molar-refractivity contribution >= 4 is 17.8 Å². The molecule has 0 aliphatic rings. The van der Waals surface area contributed by atoms with Gasteiger partial charge in [0.1, 0.15) is 8.24 Å². The van der Waals surface area contributed by atoms with E-state index in [0.717, 1.165) is 0 Å². The lowest BCUT2D eigenvalue weighted by Gasteiger charge is -2.37. The molecule has 0 amide bonds. The first-order valence-corrected chi connectivity index (χ1v) is 13.3. The summed E-state index contributed by atoms with van der Waals surface area (Å²) in [6.07, 6.45) is 5.43. The molecule has 1 nitrogen and oxygen atoms in total. The summed E-state index contributed by atoms with van der Waals surface area (Å²) in [4.78, 5) is 0. The number of nitrogens with zero attached hydrogens (tertiary/aromatic N) is 1. The number of hydrogen-bond acceptors (Lipinski definition) is 1. The molecule has 0 heterocycles. The van der Waals surface area contributed by atoms with Crippen molar-refractivity contribution in [1.29, 1.82) is 0 Å². The van der Waals surface area contributed by atoms with Crippen molar-refractivity contribution in [2.45, 2.75) is 78.6 Å². The van der Waals surface area contributed by atoms with Crippen LogP contribution in [0.25, 0.3) is 0 Å². The molecule has 0 atom stereocenters. The number of hydrogen-bond donors (Lipinski definition) is 0. The zero-order valence-corrected chi connectivity index (χ0v) is 16.8. The molecule has 0 N–H and O–H groups in total. The standard InChI is InChI=1S/C16H37NSi2/c1-7-9-11-17(12-10-8-2)19(5,6)14-13-18-15-16(3)4/h15H,7-14,18H2,1-6H3. The van der Waals surface area contributed by atoms with E-state index >= 15 is 0 Å². The summed E-state index contributed by atoms with van der Waals surface area (Å²) in [6.45, 7) is 17.0. The van der Waals surface area contributed by atoms with E-state index in [-0.39, 0.29) is 9.52 Å². The van der Waals surface area contributed by atoms with E-state index in [2.05, 4.69) is 51.1 Å². The SMILES string of the molecule is CCCCN(CCCC)[Si](C)(C)CC[SiH2]C=C(C)C. The molecule has 0 aliphatic heterocycles. The normalized spacial score (nSPS) is 12.6. The topological polar surface area (TPSA) is 3.24 Å². The van der Waals surface area contributed by atoms with E-state index in [0.29, 0.717) is 0 Å². The van der Waals surface area contributed by atoms with Crippen molar-refractivity contribution in [2.24, 2.45) is 0 Å². The molecule has 0 rings (SSSR count). The largest absolute Gasteiger partial charge is 0.324 e. The van der Waals surface area contributed by atoms with Gasteiger partial charge in [0.2, 0.25) is 0 Å². The summed E-state index contributed by atoms with van der Waals surface area (Å²) in [5.41, 5.74) is 4.06. The van der Waals surface area contributed by atoms with Gasteiger partial charge >= 0.3 is 0 Å². The minimum absolute atomic E-state index is 0.0597. The average Bonchev–Trinajstić information content (AvgIpc) is 2.34. The summed E-state index contributed by atoms with van der Waals surface area (Å²) in [6, 6.07) is 3.02. The third-order valence-corrected chi connectivity index (χ3v) is 10.3. The molecule has 0 aliphatic carbocycles. The first-order valence-electron chi connectivity index (χ1n) is 8.32. The number of unbranched alkanes of at least 4 members (excludes halogenated alkanes) is 2. The Balaban J connectivity index is 4.27. The molecule has 3 heteroatoms. The van der Waals surface area contributed by atoms with Gasteiger partial charge in [-0.25, -0.2) is 0 Å². The van der Waals surface area contributed by atoms with E-state index in [1.165, 1.54) is 56.4 Å². The minimum atomic E-state index is -1.14. The maximum Gasteiger partial charge on any atom is 0.121 e. The molecule has 0 aromatic heterocycles. The van der Waals surface area contributed by atoms with Gasteiger partial charge in [-0.05, 0) is 45.8 Å². The highest BCUT2D eigenvalue weighted by Gasteiger charge is 2.27. The minimum Gasteiger partial charge on any atom is -0.324 e. The molecular weight excluding hydrogens is 262 g/mol. The predicted molar refractivity (Wildman–Crippen MR) is 96.5 cm³/mol. The predicted octanol–water partition coefficient (Wildman–Crippen LogP) is 4.60. The molecule has 0 saturated carbocycles. The van der Waals surface area contributed by atoms with Crippen LogP contribution < -0.4 is 0 Å². The second-order valence-electron chi connectivity index (χ2n) is 6.68. The Hall–Kier alpha value is 0.134. The van der Waals surface area contributed by atoms with E-state index in [9.17, 15) is 0 Å².